The zero-order valence-electron chi connectivity index (χ0n) is 7.91. The zero-order valence-corrected chi connectivity index (χ0v) is 7.91. The first-order valence-corrected chi connectivity index (χ1v) is 4.07. The Morgan fingerprint density at radius 3 is 2.87 bits per heavy atom. The van der Waals surface area contributed by atoms with Gasteiger partial charge in [-0.05, 0) is 6.07 Å². The first kappa shape index (κ1) is 11.4. The minimum atomic E-state index is -2.73. The van der Waals surface area contributed by atoms with Crippen LogP contribution in [0.5, 0.6) is 5.75 Å². The van der Waals surface area contributed by atoms with Gasteiger partial charge in [-0.1, -0.05) is 0 Å². The smallest absolute Gasteiger partial charge is 0.310 e. The van der Waals surface area contributed by atoms with E-state index in [0.717, 1.165) is 12.3 Å². The molecule has 0 aliphatic rings. The van der Waals surface area contributed by atoms with Crippen LogP contribution in [0.2, 0.25) is 0 Å². The van der Waals surface area contributed by atoms with Gasteiger partial charge in [0, 0.05) is 5.56 Å². The number of carbonyl (C=O) groups is 1. The van der Waals surface area contributed by atoms with Crippen molar-refractivity contribution in [3.8, 4) is 5.75 Å². The number of halogens is 2. The van der Waals surface area contributed by atoms with E-state index in [4.69, 9.17) is 0 Å². The predicted molar refractivity (Wildman–Crippen MR) is 46.6 cm³/mol. The molecule has 0 aromatic carbocycles. The van der Waals surface area contributed by atoms with E-state index in [1.165, 1.54) is 7.11 Å². The second kappa shape index (κ2) is 4.68. The lowest BCUT2D eigenvalue weighted by Gasteiger charge is -2.05. The molecule has 4 nitrogen and oxygen atoms in total. The number of rotatable bonds is 3. The van der Waals surface area contributed by atoms with E-state index in [9.17, 15) is 18.7 Å². The van der Waals surface area contributed by atoms with Crippen molar-refractivity contribution in [2.24, 2.45) is 0 Å². The Labute approximate surface area is 84.5 Å². The van der Waals surface area contributed by atoms with Crippen molar-refractivity contribution in [3.63, 3.8) is 0 Å². The van der Waals surface area contributed by atoms with Gasteiger partial charge in [0.1, 0.15) is 11.4 Å². The third kappa shape index (κ3) is 2.87. The molecule has 0 spiro atoms. The van der Waals surface area contributed by atoms with Crippen molar-refractivity contribution < 1.29 is 23.4 Å². The molecule has 15 heavy (non-hydrogen) atoms. The van der Waals surface area contributed by atoms with Gasteiger partial charge < -0.3 is 9.84 Å². The number of methoxy groups -OCH3 is 1. The summed E-state index contributed by atoms with van der Waals surface area (Å²) < 4.78 is 28.8. The normalized spacial score (nSPS) is 10.4. The molecule has 1 heterocycles. The highest BCUT2D eigenvalue weighted by Gasteiger charge is 2.14. The quantitative estimate of drug-likeness (QED) is 0.778. The third-order valence-electron chi connectivity index (χ3n) is 1.77. The molecular formula is C9H9F2NO3. The van der Waals surface area contributed by atoms with Crippen molar-refractivity contribution in [2.75, 3.05) is 7.11 Å². The fourth-order valence-electron chi connectivity index (χ4n) is 0.997. The lowest BCUT2D eigenvalue weighted by molar-refractivity contribution is -0.139. The van der Waals surface area contributed by atoms with Gasteiger partial charge in [-0.15, -0.1) is 0 Å². The Morgan fingerprint density at radius 2 is 2.33 bits per heavy atom. The number of pyridine rings is 1. The molecule has 0 saturated heterocycles. The summed E-state index contributed by atoms with van der Waals surface area (Å²) in [5, 5.41) is 9.25. The molecule has 0 aliphatic carbocycles. The van der Waals surface area contributed by atoms with Crippen molar-refractivity contribution in [1.29, 1.82) is 0 Å². The molecule has 0 unspecified atom stereocenters. The standard InChI is InChI=1S/C9H9F2NO3/c1-15-8(14)3-5-2-6(9(10)11)12-4-7(5)13/h2,4,9,13H,3H2,1H3. The Hall–Kier alpha value is -1.72. The van der Waals surface area contributed by atoms with Crippen molar-refractivity contribution in [1.82, 2.24) is 4.98 Å². The van der Waals surface area contributed by atoms with Crippen LogP contribution in [0.25, 0.3) is 0 Å². The molecule has 0 atom stereocenters. The highest BCUT2D eigenvalue weighted by molar-refractivity contribution is 5.73. The Kier molecular flexibility index (Phi) is 3.54. The van der Waals surface area contributed by atoms with Crippen LogP contribution in [0.4, 0.5) is 8.78 Å². The van der Waals surface area contributed by atoms with Crippen LogP contribution in [-0.4, -0.2) is 23.2 Å². The molecule has 1 rings (SSSR count). The number of carbonyl (C=O) groups excluding carboxylic acids is 1. The van der Waals surface area contributed by atoms with Crippen LogP contribution in [0.3, 0.4) is 0 Å². The summed E-state index contributed by atoms with van der Waals surface area (Å²) in [6.45, 7) is 0. The van der Waals surface area contributed by atoms with E-state index < -0.39 is 18.1 Å². The van der Waals surface area contributed by atoms with Crippen LogP contribution in [0, 0.1) is 0 Å². The molecule has 82 valence electrons. The summed E-state index contributed by atoms with van der Waals surface area (Å²) in [6, 6.07) is 0.983. The molecule has 1 aromatic rings. The Morgan fingerprint density at radius 1 is 1.67 bits per heavy atom. The Balaban J connectivity index is 2.95. The average molecular weight is 217 g/mol. The van der Waals surface area contributed by atoms with E-state index in [0.29, 0.717) is 0 Å². The number of aromatic nitrogens is 1. The van der Waals surface area contributed by atoms with Crippen molar-refractivity contribution >= 4 is 5.97 Å². The molecule has 6 heteroatoms. The molecule has 0 aliphatic heterocycles. The van der Waals surface area contributed by atoms with Gasteiger partial charge in [-0.2, -0.15) is 0 Å². The predicted octanol–water partition coefficient (Wildman–Crippen LogP) is 1.44. The van der Waals surface area contributed by atoms with Crippen LogP contribution in [0.15, 0.2) is 12.3 Å². The number of alkyl halides is 2. The molecule has 1 N–H and O–H groups in total. The number of hydrogen-bond donors (Lipinski definition) is 1. The van der Waals surface area contributed by atoms with Crippen LogP contribution < -0.4 is 0 Å². The number of nitrogens with zero attached hydrogens (tertiary/aromatic N) is 1. The summed E-state index contributed by atoms with van der Waals surface area (Å²) in [6.07, 6.45) is -2.10. The molecule has 0 bridgehead atoms. The monoisotopic (exact) mass is 217 g/mol. The molecule has 0 radical (unpaired) electrons. The zero-order chi connectivity index (χ0) is 11.4. The highest BCUT2D eigenvalue weighted by atomic mass is 19.3. The summed E-state index contributed by atoms with van der Waals surface area (Å²) in [7, 11) is 1.18. The maximum absolute atomic E-state index is 12.2. The van der Waals surface area contributed by atoms with Gasteiger partial charge in [0.15, 0.2) is 0 Å². The summed E-state index contributed by atoms with van der Waals surface area (Å²) in [5.41, 5.74) is -0.404. The van der Waals surface area contributed by atoms with Gasteiger partial charge >= 0.3 is 5.97 Å². The summed E-state index contributed by atoms with van der Waals surface area (Å²) >= 11 is 0. The topological polar surface area (TPSA) is 59.4 Å². The summed E-state index contributed by atoms with van der Waals surface area (Å²) in [5.74, 6) is -0.915. The highest BCUT2D eigenvalue weighted by Crippen LogP contribution is 2.23. The second-order valence-corrected chi connectivity index (χ2v) is 2.79. The number of hydrogen-bond acceptors (Lipinski definition) is 4. The molecular weight excluding hydrogens is 208 g/mol. The van der Waals surface area contributed by atoms with E-state index in [1.807, 2.05) is 0 Å². The fourth-order valence-corrected chi connectivity index (χ4v) is 0.997. The van der Waals surface area contributed by atoms with E-state index in [1.54, 1.807) is 0 Å². The van der Waals surface area contributed by atoms with Gasteiger partial charge in [0.2, 0.25) is 0 Å². The lowest BCUT2D eigenvalue weighted by atomic mass is 10.1. The average Bonchev–Trinajstić information content (AvgIpc) is 2.20. The van der Waals surface area contributed by atoms with Crippen LogP contribution in [-0.2, 0) is 16.0 Å². The van der Waals surface area contributed by atoms with Crippen LogP contribution >= 0.6 is 0 Å². The van der Waals surface area contributed by atoms with E-state index in [2.05, 4.69) is 9.72 Å². The number of aromatic hydroxyl groups is 1. The van der Waals surface area contributed by atoms with Gasteiger partial charge in [0.05, 0.1) is 19.7 Å². The first-order chi connectivity index (χ1) is 7.04. The van der Waals surface area contributed by atoms with Crippen molar-refractivity contribution in [2.45, 2.75) is 12.8 Å². The Bertz CT molecular complexity index is 368. The minimum absolute atomic E-state index is 0.0761. The number of ether oxygens (including phenoxy) is 1. The van der Waals surface area contributed by atoms with Crippen LogP contribution in [0.1, 0.15) is 17.7 Å². The second-order valence-electron chi connectivity index (χ2n) is 2.79. The lowest BCUT2D eigenvalue weighted by Crippen LogP contribution is -2.05. The maximum atomic E-state index is 12.2. The van der Waals surface area contributed by atoms with Gasteiger partial charge in [-0.3, -0.25) is 9.78 Å². The largest absolute Gasteiger partial charge is 0.506 e. The summed E-state index contributed by atoms with van der Waals surface area (Å²) in [4.78, 5) is 14.2. The molecule has 0 fully saturated rings. The van der Waals surface area contributed by atoms with E-state index in [-0.39, 0.29) is 17.7 Å². The van der Waals surface area contributed by atoms with Gasteiger partial charge in [0.25, 0.3) is 6.43 Å². The molecule has 0 saturated carbocycles. The SMILES string of the molecule is COC(=O)Cc1cc(C(F)F)ncc1O. The molecule has 0 amide bonds. The first-order valence-electron chi connectivity index (χ1n) is 4.07. The fraction of sp³-hybridized carbons (Fsp3) is 0.333. The van der Waals surface area contributed by atoms with Crippen molar-refractivity contribution in [3.05, 3.63) is 23.5 Å². The maximum Gasteiger partial charge on any atom is 0.310 e. The molecule has 1 aromatic heterocycles. The minimum Gasteiger partial charge on any atom is -0.506 e. The van der Waals surface area contributed by atoms with Gasteiger partial charge in [-0.25, -0.2) is 8.78 Å². The van der Waals surface area contributed by atoms with E-state index >= 15 is 0 Å². The number of esters is 1. The third-order valence-corrected chi connectivity index (χ3v) is 1.77.